The number of ether oxygens (including phenoxy) is 1. The molecule has 20 heavy (non-hydrogen) atoms. The summed E-state index contributed by atoms with van der Waals surface area (Å²) in [5.41, 5.74) is 0.886. The maximum Gasteiger partial charge on any atom is 0.134 e. The van der Waals surface area contributed by atoms with Crippen molar-refractivity contribution in [3.8, 4) is 0 Å². The number of para-hydroxylation sites is 1. The first-order valence-electron chi connectivity index (χ1n) is 7.18. The lowest BCUT2D eigenvalue weighted by atomic mass is 9.81. The molecule has 0 spiro atoms. The monoisotopic (exact) mass is 275 g/mol. The third-order valence-corrected chi connectivity index (χ3v) is 4.16. The van der Waals surface area contributed by atoms with Crippen LogP contribution in [0.3, 0.4) is 0 Å². The highest BCUT2D eigenvalue weighted by molar-refractivity contribution is 5.77. The Morgan fingerprint density at radius 2 is 2.00 bits per heavy atom. The topological polar surface area (TPSA) is 54.6 Å². The van der Waals surface area contributed by atoms with E-state index in [1.807, 2.05) is 18.2 Å². The van der Waals surface area contributed by atoms with Crippen molar-refractivity contribution in [2.24, 2.45) is 5.41 Å². The Morgan fingerprint density at radius 1 is 1.20 bits per heavy atom. The zero-order chi connectivity index (χ0) is 13.8. The van der Waals surface area contributed by atoms with Crippen molar-refractivity contribution in [1.82, 2.24) is 5.32 Å². The van der Waals surface area contributed by atoms with Gasteiger partial charge in [-0.25, -0.2) is 0 Å². The van der Waals surface area contributed by atoms with Gasteiger partial charge in [-0.05, 0) is 25.0 Å². The fourth-order valence-electron chi connectivity index (χ4n) is 2.77. The van der Waals surface area contributed by atoms with E-state index in [1.54, 1.807) is 0 Å². The molecule has 0 radical (unpaired) electrons. The van der Waals surface area contributed by atoms with E-state index in [0.717, 1.165) is 49.3 Å². The van der Waals surface area contributed by atoms with Gasteiger partial charge < -0.3 is 19.6 Å². The van der Waals surface area contributed by atoms with Gasteiger partial charge in [0.1, 0.15) is 11.3 Å². The second-order valence-electron chi connectivity index (χ2n) is 5.62. The first-order chi connectivity index (χ1) is 9.81. The molecule has 2 aromatic rings. The van der Waals surface area contributed by atoms with Crippen LogP contribution in [0.5, 0.6) is 0 Å². The summed E-state index contributed by atoms with van der Waals surface area (Å²) in [5, 5.41) is 14.2. The van der Waals surface area contributed by atoms with E-state index in [1.165, 1.54) is 0 Å². The van der Waals surface area contributed by atoms with E-state index in [2.05, 4.69) is 17.4 Å². The molecule has 4 nitrogen and oxygen atoms in total. The maximum absolute atomic E-state index is 9.63. The second-order valence-corrected chi connectivity index (χ2v) is 5.62. The van der Waals surface area contributed by atoms with Crippen LogP contribution >= 0.6 is 0 Å². The van der Waals surface area contributed by atoms with E-state index in [-0.39, 0.29) is 12.0 Å². The molecule has 1 aromatic carbocycles. The zero-order valence-corrected chi connectivity index (χ0v) is 11.6. The van der Waals surface area contributed by atoms with Crippen molar-refractivity contribution in [3.05, 3.63) is 36.1 Å². The van der Waals surface area contributed by atoms with Gasteiger partial charge in [-0.3, -0.25) is 0 Å². The van der Waals surface area contributed by atoms with Gasteiger partial charge in [0.05, 0.1) is 13.2 Å². The fraction of sp³-hybridized carbons (Fsp3) is 0.500. The lowest BCUT2D eigenvalue weighted by molar-refractivity contribution is -0.0155. The van der Waals surface area contributed by atoms with E-state index >= 15 is 0 Å². The van der Waals surface area contributed by atoms with Crippen LogP contribution < -0.4 is 5.32 Å². The molecule has 0 bridgehead atoms. The van der Waals surface area contributed by atoms with Gasteiger partial charge in [0.15, 0.2) is 0 Å². The highest BCUT2D eigenvalue weighted by atomic mass is 16.5. The number of fused-ring (bicyclic) bond motifs is 1. The smallest absolute Gasteiger partial charge is 0.134 e. The quantitative estimate of drug-likeness (QED) is 0.879. The molecule has 1 aromatic heterocycles. The highest BCUT2D eigenvalue weighted by Crippen LogP contribution is 2.29. The van der Waals surface area contributed by atoms with E-state index in [0.29, 0.717) is 6.54 Å². The Kier molecular flexibility index (Phi) is 4.05. The first kappa shape index (κ1) is 13.6. The predicted octanol–water partition coefficient (Wildman–Crippen LogP) is 2.31. The average Bonchev–Trinajstić information content (AvgIpc) is 2.91. The van der Waals surface area contributed by atoms with Crippen molar-refractivity contribution >= 4 is 11.0 Å². The molecular weight excluding hydrogens is 254 g/mol. The van der Waals surface area contributed by atoms with Gasteiger partial charge in [0.25, 0.3) is 0 Å². The number of aliphatic hydroxyl groups excluding tert-OH is 1. The molecular formula is C16H21NO3. The molecule has 0 unspecified atom stereocenters. The molecule has 1 aliphatic rings. The fourth-order valence-corrected chi connectivity index (χ4v) is 2.77. The standard InChI is InChI=1S/C16H21NO3/c18-12-16(5-7-19-8-6-16)11-17-10-14-9-13-3-1-2-4-15(13)20-14/h1-4,9,17-18H,5-8,10-12H2. The molecule has 1 aliphatic heterocycles. The van der Waals surface area contributed by atoms with Crippen LogP contribution in [-0.2, 0) is 11.3 Å². The first-order valence-corrected chi connectivity index (χ1v) is 7.18. The predicted molar refractivity (Wildman–Crippen MR) is 77.5 cm³/mol. The number of nitrogens with one attached hydrogen (secondary N) is 1. The molecule has 2 heterocycles. The number of benzene rings is 1. The maximum atomic E-state index is 9.63. The molecule has 0 amide bonds. The van der Waals surface area contributed by atoms with Crippen LogP contribution in [0.25, 0.3) is 11.0 Å². The number of furan rings is 1. The van der Waals surface area contributed by atoms with Gasteiger partial charge in [-0.2, -0.15) is 0 Å². The van der Waals surface area contributed by atoms with Gasteiger partial charge in [0, 0.05) is 30.6 Å². The minimum atomic E-state index is -0.0374. The van der Waals surface area contributed by atoms with Crippen molar-refractivity contribution < 1.29 is 14.3 Å². The number of hydrogen-bond donors (Lipinski definition) is 2. The Hall–Kier alpha value is -1.36. The SMILES string of the molecule is OCC1(CNCc2cc3ccccc3o2)CCOCC1. The van der Waals surface area contributed by atoms with Crippen molar-refractivity contribution in [2.45, 2.75) is 19.4 Å². The minimum absolute atomic E-state index is 0.0374. The average molecular weight is 275 g/mol. The molecule has 1 saturated heterocycles. The van der Waals surface area contributed by atoms with E-state index in [4.69, 9.17) is 9.15 Å². The zero-order valence-electron chi connectivity index (χ0n) is 11.6. The molecule has 0 atom stereocenters. The van der Waals surface area contributed by atoms with Crippen LogP contribution in [0.2, 0.25) is 0 Å². The number of aliphatic hydroxyl groups is 1. The molecule has 0 aliphatic carbocycles. The van der Waals surface area contributed by atoms with Crippen LogP contribution in [0.1, 0.15) is 18.6 Å². The summed E-state index contributed by atoms with van der Waals surface area (Å²) in [6, 6.07) is 10.1. The summed E-state index contributed by atoms with van der Waals surface area (Å²) < 4.78 is 11.1. The molecule has 4 heteroatoms. The lowest BCUT2D eigenvalue weighted by Crippen LogP contribution is -2.41. The summed E-state index contributed by atoms with van der Waals surface area (Å²) >= 11 is 0. The van der Waals surface area contributed by atoms with Crippen LogP contribution in [-0.4, -0.2) is 31.5 Å². The summed E-state index contributed by atoms with van der Waals surface area (Å²) in [4.78, 5) is 0. The Labute approximate surface area is 118 Å². The van der Waals surface area contributed by atoms with Crippen LogP contribution in [0.15, 0.2) is 34.7 Å². The van der Waals surface area contributed by atoms with Crippen molar-refractivity contribution in [1.29, 1.82) is 0 Å². The summed E-state index contributed by atoms with van der Waals surface area (Å²) in [6.07, 6.45) is 1.83. The molecule has 2 N–H and O–H groups in total. The molecule has 108 valence electrons. The Morgan fingerprint density at radius 3 is 2.75 bits per heavy atom. The third-order valence-electron chi connectivity index (χ3n) is 4.16. The molecule has 1 fully saturated rings. The second kappa shape index (κ2) is 5.95. The van der Waals surface area contributed by atoms with Gasteiger partial charge in [-0.15, -0.1) is 0 Å². The van der Waals surface area contributed by atoms with E-state index in [9.17, 15) is 5.11 Å². The van der Waals surface area contributed by atoms with Gasteiger partial charge in [0.2, 0.25) is 0 Å². The van der Waals surface area contributed by atoms with E-state index < -0.39 is 0 Å². The van der Waals surface area contributed by atoms with Crippen LogP contribution in [0, 0.1) is 5.41 Å². The summed E-state index contributed by atoms with van der Waals surface area (Å²) in [7, 11) is 0. The van der Waals surface area contributed by atoms with Crippen molar-refractivity contribution in [2.75, 3.05) is 26.4 Å². The molecule has 0 saturated carbocycles. The minimum Gasteiger partial charge on any atom is -0.460 e. The Balaban J connectivity index is 1.58. The molecule has 3 rings (SSSR count). The number of rotatable bonds is 5. The Bertz CT molecular complexity index is 525. The van der Waals surface area contributed by atoms with Gasteiger partial charge >= 0.3 is 0 Å². The third kappa shape index (κ3) is 2.87. The lowest BCUT2D eigenvalue weighted by Gasteiger charge is -2.35. The van der Waals surface area contributed by atoms with Gasteiger partial charge in [-0.1, -0.05) is 18.2 Å². The normalized spacial score (nSPS) is 18.4. The highest BCUT2D eigenvalue weighted by Gasteiger charge is 2.31. The number of hydrogen-bond acceptors (Lipinski definition) is 4. The van der Waals surface area contributed by atoms with Crippen molar-refractivity contribution in [3.63, 3.8) is 0 Å². The largest absolute Gasteiger partial charge is 0.460 e. The van der Waals surface area contributed by atoms with Crippen LogP contribution in [0.4, 0.5) is 0 Å². The summed E-state index contributed by atoms with van der Waals surface area (Å²) in [6.45, 7) is 3.18. The summed E-state index contributed by atoms with van der Waals surface area (Å²) in [5.74, 6) is 0.936.